The van der Waals surface area contributed by atoms with Gasteiger partial charge in [0.25, 0.3) is 0 Å². The van der Waals surface area contributed by atoms with Crippen molar-refractivity contribution in [2.24, 2.45) is 0 Å². The summed E-state index contributed by atoms with van der Waals surface area (Å²) in [4.78, 5) is 2.83. The van der Waals surface area contributed by atoms with E-state index in [1.165, 1.54) is 26.4 Å². The SMILES string of the molecule is Cc1cc(C)cc(CSCCNCc2ccc(C)s2)c1. The van der Waals surface area contributed by atoms with Crippen molar-refractivity contribution in [3.8, 4) is 0 Å². The van der Waals surface area contributed by atoms with Crippen LogP contribution in [0.25, 0.3) is 0 Å². The minimum absolute atomic E-state index is 1.00. The summed E-state index contributed by atoms with van der Waals surface area (Å²) in [5.41, 5.74) is 4.18. The van der Waals surface area contributed by atoms with E-state index in [4.69, 9.17) is 0 Å². The first-order valence-corrected chi connectivity index (χ1v) is 9.01. The van der Waals surface area contributed by atoms with Crippen LogP contribution >= 0.6 is 23.1 Å². The Kier molecular flexibility index (Phi) is 6.14. The first-order chi connectivity index (χ1) is 9.63. The Bertz CT molecular complexity index is 525. The van der Waals surface area contributed by atoms with E-state index in [-0.39, 0.29) is 0 Å². The molecule has 20 heavy (non-hydrogen) atoms. The van der Waals surface area contributed by atoms with Gasteiger partial charge in [-0.05, 0) is 38.5 Å². The zero-order valence-electron chi connectivity index (χ0n) is 12.5. The van der Waals surface area contributed by atoms with E-state index in [2.05, 4.69) is 56.4 Å². The average Bonchev–Trinajstić information content (AvgIpc) is 2.78. The Balaban J connectivity index is 1.61. The fourth-order valence-corrected chi connectivity index (χ4v) is 3.97. The van der Waals surface area contributed by atoms with Crippen molar-refractivity contribution in [2.75, 3.05) is 12.3 Å². The number of benzene rings is 1. The molecule has 0 saturated carbocycles. The quantitative estimate of drug-likeness (QED) is 0.744. The highest BCUT2D eigenvalue weighted by Gasteiger charge is 1.98. The van der Waals surface area contributed by atoms with E-state index in [1.807, 2.05) is 23.1 Å². The molecule has 2 aromatic rings. The van der Waals surface area contributed by atoms with Crippen LogP contribution in [0.3, 0.4) is 0 Å². The lowest BCUT2D eigenvalue weighted by atomic mass is 10.1. The molecule has 0 radical (unpaired) electrons. The van der Waals surface area contributed by atoms with Gasteiger partial charge < -0.3 is 5.32 Å². The van der Waals surface area contributed by atoms with Crippen molar-refractivity contribution >= 4 is 23.1 Å². The molecule has 2 rings (SSSR count). The molecule has 1 aromatic heterocycles. The van der Waals surface area contributed by atoms with Gasteiger partial charge in [0, 0.05) is 34.3 Å². The summed E-state index contributed by atoms with van der Waals surface area (Å²) in [7, 11) is 0. The highest BCUT2D eigenvalue weighted by molar-refractivity contribution is 7.98. The Morgan fingerprint density at radius 2 is 1.80 bits per heavy atom. The van der Waals surface area contributed by atoms with E-state index in [0.717, 1.165) is 24.6 Å². The minimum Gasteiger partial charge on any atom is -0.311 e. The first kappa shape index (κ1) is 15.6. The van der Waals surface area contributed by atoms with E-state index in [0.29, 0.717) is 0 Å². The van der Waals surface area contributed by atoms with Crippen LogP contribution in [-0.2, 0) is 12.3 Å². The van der Waals surface area contributed by atoms with Crippen LogP contribution < -0.4 is 5.32 Å². The third-order valence-electron chi connectivity index (χ3n) is 3.07. The van der Waals surface area contributed by atoms with E-state index in [9.17, 15) is 0 Å². The van der Waals surface area contributed by atoms with Crippen LogP contribution in [0.1, 0.15) is 26.4 Å². The number of nitrogens with one attached hydrogen (secondary N) is 1. The fraction of sp³-hybridized carbons (Fsp3) is 0.412. The molecule has 0 unspecified atom stereocenters. The van der Waals surface area contributed by atoms with Crippen molar-refractivity contribution in [3.05, 3.63) is 56.8 Å². The molecule has 0 aliphatic heterocycles. The fourth-order valence-electron chi connectivity index (χ4n) is 2.28. The summed E-state index contributed by atoms with van der Waals surface area (Å²) >= 11 is 3.89. The second-order valence-corrected chi connectivity index (χ2v) is 7.72. The number of hydrogen-bond acceptors (Lipinski definition) is 3. The average molecular weight is 306 g/mol. The molecule has 0 saturated heterocycles. The smallest absolute Gasteiger partial charge is 0.0300 e. The van der Waals surface area contributed by atoms with Crippen LogP contribution in [0.4, 0.5) is 0 Å². The summed E-state index contributed by atoms with van der Waals surface area (Å²) in [5, 5.41) is 3.51. The highest BCUT2D eigenvalue weighted by Crippen LogP contribution is 2.16. The molecule has 1 nitrogen and oxygen atoms in total. The summed E-state index contributed by atoms with van der Waals surface area (Å²) < 4.78 is 0. The normalized spacial score (nSPS) is 10.9. The lowest BCUT2D eigenvalue weighted by Gasteiger charge is -2.06. The number of aryl methyl sites for hydroxylation is 3. The van der Waals surface area contributed by atoms with Crippen LogP contribution in [0.15, 0.2) is 30.3 Å². The topological polar surface area (TPSA) is 12.0 Å². The van der Waals surface area contributed by atoms with E-state index < -0.39 is 0 Å². The molecule has 108 valence electrons. The molecule has 0 spiro atoms. The molecular formula is C17H23NS2. The molecule has 1 heterocycles. The zero-order chi connectivity index (χ0) is 14.4. The molecule has 3 heteroatoms. The van der Waals surface area contributed by atoms with Crippen molar-refractivity contribution in [2.45, 2.75) is 33.1 Å². The highest BCUT2D eigenvalue weighted by atomic mass is 32.2. The van der Waals surface area contributed by atoms with Crippen LogP contribution in [0.5, 0.6) is 0 Å². The van der Waals surface area contributed by atoms with Gasteiger partial charge in [-0.1, -0.05) is 29.3 Å². The molecule has 0 aliphatic rings. The molecule has 0 atom stereocenters. The maximum Gasteiger partial charge on any atom is 0.0300 e. The largest absolute Gasteiger partial charge is 0.311 e. The lowest BCUT2D eigenvalue weighted by molar-refractivity contribution is 0.741. The Hall–Kier alpha value is -0.770. The molecule has 1 N–H and O–H groups in total. The summed E-state index contributed by atoms with van der Waals surface area (Å²) in [5.74, 6) is 2.28. The number of rotatable bonds is 7. The molecule has 0 aliphatic carbocycles. The predicted octanol–water partition coefficient (Wildman–Crippen LogP) is 4.70. The van der Waals surface area contributed by atoms with Crippen molar-refractivity contribution < 1.29 is 0 Å². The van der Waals surface area contributed by atoms with Gasteiger partial charge in [-0.2, -0.15) is 11.8 Å². The number of thiophene rings is 1. The summed E-state index contributed by atoms with van der Waals surface area (Å²) in [6, 6.07) is 11.2. The second-order valence-electron chi connectivity index (χ2n) is 5.24. The Morgan fingerprint density at radius 3 is 2.45 bits per heavy atom. The summed E-state index contributed by atoms with van der Waals surface area (Å²) in [6.45, 7) is 8.58. The van der Waals surface area contributed by atoms with Gasteiger partial charge in [0.2, 0.25) is 0 Å². The van der Waals surface area contributed by atoms with Crippen LogP contribution in [-0.4, -0.2) is 12.3 Å². The van der Waals surface area contributed by atoms with Crippen LogP contribution in [0.2, 0.25) is 0 Å². The van der Waals surface area contributed by atoms with Gasteiger partial charge in [0.1, 0.15) is 0 Å². The minimum atomic E-state index is 1.00. The lowest BCUT2D eigenvalue weighted by Crippen LogP contribution is -2.15. The Morgan fingerprint density at radius 1 is 1.05 bits per heavy atom. The zero-order valence-corrected chi connectivity index (χ0v) is 14.2. The molecule has 0 amide bonds. The molecule has 1 aromatic carbocycles. The van der Waals surface area contributed by atoms with Crippen molar-refractivity contribution in [1.82, 2.24) is 5.32 Å². The van der Waals surface area contributed by atoms with Crippen LogP contribution in [0, 0.1) is 20.8 Å². The third-order valence-corrected chi connectivity index (χ3v) is 5.10. The van der Waals surface area contributed by atoms with Gasteiger partial charge >= 0.3 is 0 Å². The van der Waals surface area contributed by atoms with Gasteiger partial charge in [-0.3, -0.25) is 0 Å². The number of hydrogen-bond donors (Lipinski definition) is 1. The van der Waals surface area contributed by atoms with Crippen molar-refractivity contribution in [3.63, 3.8) is 0 Å². The maximum atomic E-state index is 3.51. The third kappa shape index (κ3) is 5.31. The first-order valence-electron chi connectivity index (χ1n) is 7.04. The van der Waals surface area contributed by atoms with Crippen molar-refractivity contribution in [1.29, 1.82) is 0 Å². The van der Waals surface area contributed by atoms with Gasteiger partial charge in [0.15, 0.2) is 0 Å². The summed E-state index contributed by atoms with van der Waals surface area (Å²) in [6.07, 6.45) is 0. The predicted molar refractivity (Wildman–Crippen MR) is 92.8 cm³/mol. The molecule has 0 bridgehead atoms. The molecule has 0 fully saturated rings. The monoisotopic (exact) mass is 305 g/mol. The standard InChI is InChI=1S/C17H23NS2/c1-13-8-14(2)10-16(9-13)12-19-7-6-18-11-17-5-4-15(3)20-17/h4-5,8-10,18H,6-7,11-12H2,1-3H3. The second kappa shape index (κ2) is 7.87. The van der Waals surface area contributed by atoms with Gasteiger partial charge in [-0.15, -0.1) is 11.3 Å². The van der Waals surface area contributed by atoms with E-state index in [1.54, 1.807) is 0 Å². The van der Waals surface area contributed by atoms with Gasteiger partial charge in [0.05, 0.1) is 0 Å². The maximum absolute atomic E-state index is 3.51. The Labute approximate surface area is 130 Å². The van der Waals surface area contributed by atoms with E-state index >= 15 is 0 Å². The number of thioether (sulfide) groups is 1. The molecular weight excluding hydrogens is 282 g/mol. The van der Waals surface area contributed by atoms with Gasteiger partial charge in [-0.25, -0.2) is 0 Å².